The van der Waals surface area contributed by atoms with Crippen molar-refractivity contribution in [3.05, 3.63) is 66.4 Å². The van der Waals surface area contributed by atoms with Gasteiger partial charge < -0.3 is 15.5 Å². The number of aromatic nitrogens is 4. The van der Waals surface area contributed by atoms with E-state index < -0.39 is 8.32 Å². The van der Waals surface area contributed by atoms with E-state index in [1.54, 1.807) is 0 Å². The van der Waals surface area contributed by atoms with Gasteiger partial charge in [-0.15, -0.1) is 0 Å². The average molecular weight is 503 g/mol. The Bertz CT molecular complexity index is 1230. The number of aryl methyl sites for hydroxylation is 1. The Kier molecular flexibility index (Phi) is 7.75. The highest BCUT2D eigenvalue weighted by Gasteiger charge is 2.50. The van der Waals surface area contributed by atoms with Gasteiger partial charge in [-0.2, -0.15) is 10.1 Å². The summed E-state index contributed by atoms with van der Waals surface area (Å²) in [5, 5.41) is 13.5. The van der Waals surface area contributed by atoms with Crippen molar-refractivity contribution in [2.45, 2.75) is 65.0 Å². The molecule has 0 saturated heterocycles. The number of H-pyrrole nitrogens is 1. The molecule has 0 unspecified atom stereocenters. The first-order chi connectivity index (χ1) is 17.3. The molecule has 0 aliphatic heterocycles. The maximum absolute atomic E-state index is 7.12. The maximum atomic E-state index is 7.12. The van der Waals surface area contributed by atoms with Crippen LogP contribution in [0.15, 0.2) is 60.7 Å². The molecular weight excluding hydrogens is 464 g/mol. The van der Waals surface area contributed by atoms with Crippen molar-refractivity contribution in [2.24, 2.45) is 0 Å². The molecule has 0 saturated carbocycles. The molecule has 0 aliphatic rings. The van der Waals surface area contributed by atoms with Crippen LogP contribution in [-0.4, -0.2) is 41.1 Å². The van der Waals surface area contributed by atoms with Gasteiger partial charge in [0.05, 0.1) is 5.69 Å². The highest BCUT2D eigenvalue weighted by molar-refractivity contribution is 6.99. The number of hydrogen-bond donors (Lipinski definition) is 3. The largest absolute Gasteiger partial charge is 0.407 e. The van der Waals surface area contributed by atoms with Gasteiger partial charge in [-0.3, -0.25) is 5.10 Å². The van der Waals surface area contributed by atoms with E-state index in [2.05, 4.69) is 114 Å². The molecule has 0 aliphatic carbocycles. The maximum Gasteiger partial charge on any atom is 0.261 e. The minimum atomic E-state index is -2.57. The summed E-state index contributed by atoms with van der Waals surface area (Å²) < 4.78 is 7.12. The van der Waals surface area contributed by atoms with Crippen LogP contribution in [0, 0.1) is 6.92 Å². The van der Waals surface area contributed by atoms with Gasteiger partial charge in [-0.1, -0.05) is 94.8 Å². The van der Waals surface area contributed by atoms with Crippen LogP contribution in [0.3, 0.4) is 0 Å². The van der Waals surface area contributed by atoms with Crippen molar-refractivity contribution in [1.82, 2.24) is 20.2 Å². The van der Waals surface area contributed by atoms with E-state index in [1.165, 1.54) is 10.4 Å². The van der Waals surface area contributed by atoms with Crippen LogP contribution in [0.4, 0.5) is 11.8 Å². The molecule has 0 fully saturated rings. The van der Waals surface area contributed by atoms with E-state index in [9.17, 15) is 0 Å². The fraction of sp³-hybridized carbons (Fsp3) is 0.393. The highest BCUT2D eigenvalue weighted by atomic mass is 28.4. The summed E-state index contributed by atoms with van der Waals surface area (Å²) >= 11 is 0. The monoisotopic (exact) mass is 502 g/mol. The van der Waals surface area contributed by atoms with Gasteiger partial charge in [0, 0.05) is 12.6 Å². The van der Waals surface area contributed by atoms with E-state index in [1.807, 2.05) is 6.92 Å². The SMILES string of the molecule is CCC[C@@H](CCO[Si](c1ccccc1)(c1ccccc1)C(C)(C)C)Nc1nc(N)nc2c(C)[nH]nc12. The second-order valence-corrected chi connectivity index (χ2v) is 14.7. The normalized spacial score (nSPS) is 13.1. The lowest BCUT2D eigenvalue weighted by Crippen LogP contribution is -2.66. The second kappa shape index (κ2) is 10.8. The lowest BCUT2D eigenvalue weighted by atomic mass is 10.1. The Labute approximate surface area is 215 Å². The number of aromatic amines is 1. The molecule has 190 valence electrons. The molecule has 4 N–H and O–H groups in total. The zero-order valence-electron chi connectivity index (χ0n) is 22.0. The van der Waals surface area contributed by atoms with Gasteiger partial charge in [-0.05, 0) is 35.2 Å². The third kappa shape index (κ3) is 5.15. The van der Waals surface area contributed by atoms with Gasteiger partial charge in [0.1, 0.15) is 5.52 Å². The minimum absolute atomic E-state index is 0.0524. The highest BCUT2D eigenvalue weighted by Crippen LogP contribution is 2.37. The van der Waals surface area contributed by atoms with E-state index >= 15 is 0 Å². The van der Waals surface area contributed by atoms with Gasteiger partial charge >= 0.3 is 0 Å². The van der Waals surface area contributed by atoms with Crippen LogP contribution in [0.5, 0.6) is 0 Å². The number of benzene rings is 2. The number of nitrogens with one attached hydrogen (secondary N) is 2. The minimum Gasteiger partial charge on any atom is -0.407 e. The third-order valence-corrected chi connectivity index (χ3v) is 11.8. The molecule has 2 aromatic heterocycles. The predicted octanol–water partition coefficient (Wildman–Crippen LogP) is 4.79. The molecule has 36 heavy (non-hydrogen) atoms. The summed E-state index contributed by atoms with van der Waals surface area (Å²) in [6.45, 7) is 11.7. The summed E-state index contributed by atoms with van der Waals surface area (Å²) in [7, 11) is -2.57. The van der Waals surface area contributed by atoms with Crippen molar-refractivity contribution in [3.63, 3.8) is 0 Å². The van der Waals surface area contributed by atoms with E-state index in [0.29, 0.717) is 12.4 Å². The molecule has 0 bridgehead atoms. The summed E-state index contributed by atoms with van der Waals surface area (Å²) in [5.41, 5.74) is 8.36. The number of anilines is 2. The molecule has 0 amide bonds. The summed E-state index contributed by atoms with van der Waals surface area (Å²) in [4.78, 5) is 8.82. The Morgan fingerprint density at radius 1 is 0.944 bits per heavy atom. The molecule has 2 heterocycles. The first kappa shape index (κ1) is 25.8. The number of hydrogen-bond acceptors (Lipinski definition) is 6. The lowest BCUT2D eigenvalue weighted by Gasteiger charge is -2.43. The average Bonchev–Trinajstić information content (AvgIpc) is 3.23. The number of nitrogen functional groups attached to an aromatic ring is 1. The van der Waals surface area contributed by atoms with Crippen LogP contribution >= 0.6 is 0 Å². The Morgan fingerprint density at radius 2 is 1.56 bits per heavy atom. The van der Waals surface area contributed by atoms with Crippen LogP contribution in [-0.2, 0) is 4.43 Å². The van der Waals surface area contributed by atoms with Gasteiger partial charge in [0.25, 0.3) is 8.32 Å². The van der Waals surface area contributed by atoms with Crippen molar-refractivity contribution in [2.75, 3.05) is 17.7 Å². The molecule has 1 atom stereocenters. The summed E-state index contributed by atoms with van der Waals surface area (Å²) in [5.74, 6) is 0.916. The first-order valence-corrected chi connectivity index (χ1v) is 14.7. The second-order valence-electron chi connectivity index (χ2n) is 10.4. The lowest BCUT2D eigenvalue weighted by molar-refractivity contribution is 0.281. The smallest absolute Gasteiger partial charge is 0.261 e. The number of rotatable bonds is 10. The molecule has 0 spiro atoms. The summed E-state index contributed by atoms with van der Waals surface area (Å²) in [6, 6.07) is 21.7. The first-order valence-electron chi connectivity index (χ1n) is 12.8. The van der Waals surface area contributed by atoms with Crippen molar-refractivity contribution >= 4 is 41.5 Å². The van der Waals surface area contributed by atoms with Crippen molar-refractivity contribution in [1.29, 1.82) is 0 Å². The molecule has 2 aromatic carbocycles. The standard InChI is InChI=1S/C28H38N6OSi/c1-6-13-21(30-26-25-24(20(2)33-34-25)31-27(29)32-26)18-19-35-36(28(3,4)5,22-14-9-7-10-15-22)23-16-11-8-12-17-23/h7-12,14-17,21H,6,13,18-19H2,1-5H3,(H,33,34)(H3,29,30,31,32)/t21-/m0/s1. The molecule has 7 nitrogen and oxygen atoms in total. The van der Waals surface area contributed by atoms with Gasteiger partial charge in [0.2, 0.25) is 5.95 Å². The van der Waals surface area contributed by atoms with Gasteiger partial charge in [-0.25, -0.2) is 4.98 Å². The van der Waals surface area contributed by atoms with E-state index in [0.717, 1.165) is 36.0 Å². The van der Waals surface area contributed by atoms with Crippen LogP contribution in [0.1, 0.15) is 52.7 Å². The van der Waals surface area contributed by atoms with Crippen molar-refractivity contribution in [3.8, 4) is 0 Å². The fourth-order valence-corrected chi connectivity index (χ4v) is 9.66. The molecular formula is C28H38N6OSi. The Balaban J connectivity index is 1.62. The molecule has 4 rings (SSSR count). The number of nitrogens with zero attached hydrogens (tertiary/aromatic N) is 3. The van der Waals surface area contributed by atoms with E-state index in [4.69, 9.17) is 10.2 Å². The Morgan fingerprint density at radius 3 is 2.11 bits per heavy atom. The zero-order valence-corrected chi connectivity index (χ0v) is 23.0. The van der Waals surface area contributed by atoms with Crippen LogP contribution in [0.25, 0.3) is 11.0 Å². The van der Waals surface area contributed by atoms with Gasteiger partial charge in [0.15, 0.2) is 11.3 Å². The van der Waals surface area contributed by atoms with Crippen LogP contribution < -0.4 is 21.4 Å². The number of fused-ring (bicyclic) bond motifs is 1. The van der Waals surface area contributed by atoms with Crippen LogP contribution in [0.2, 0.25) is 5.04 Å². The Hall–Kier alpha value is -3.23. The fourth-order valence-electron chi connectivity index (χ4n) is 5.08. The predicted molar refractivity (Wildman–Crippen MR) is 151 cm³/mol. The molecule has 0 radical (unpaired) electrons. The quantitative estimate of drug-likeness (QED) is 0.270. The summed E-state index contributed by atoms with van der Waals surface area (Å²) in [6.07, 6.45) is 2.87. The zero-order chi connectivity index (χ0) is 25.8. The topological polar surface area (TPSA) is 102 Å². The molecule has 4 aromatic rings. The van der Waals surface area contributed by atoms with E-state index in [-0.39, 0.29) is 17.0 Å². The van der Waals surface area contributed by atoms with Crippen molar-refractivity contribution < 1.29 is 4.43 Å². The molecule has 8 heteroatoms. The third-order valence-electron chi connectivity index (χ3n) is 6.77. The number of nitrogens with two attached hydrogens (primary N) is 1.